The van der Waals surface area contributed by atoms with Crippen LogP contribution in [0.25, 0.3) is 11.1 Å². The van der Waals surface area contributed by atoms with Crippen molar-refractivity contribution in [1.29, 1.82) is 0 Å². The number of carbonyl (C=O) groups is 1. The Balaban J connectivity index is 1.73. The summed E-state index contributed by atoms with van der Waals surface area (Å²) in [4.78, 5) is 31.4. The summed E-state index contributed by atoms with van der Waals surface area (Å²) in [6.07, 6.45) is 10.3. The van der Waals surface area contributed by atoms with Gasteiger partial charge in [0.15, 0.2) is 0 Å². The first-order valence-electron chi connectivity index (χ1n) is 11.4. The van der Waals surface area contributed by atoms with Gasteiger partial charge >= 0.3 is 0 Å². The van der Waals surface area contributed by atoms with Crippen molar-refractivity contribution in [3.63, 3.8) is 0 Å². The molecule has 0 saturated carbocycles. The van der Waals surface area contributed by atoms with Crippen molar-refractivity contribution in [3.05, 3.63) is 72.1 Å². The molecular weight excluding hydrogens is 398 g/mol. The quantitative estimate of drug-likeness (QED) is 0.556. The van der Waals surface area contributed by atoms with Crippen LogP contribution in [0.3, 0.4) is 0 Å². The van der Waals surface area contributed by atoms with Crippen LogP contribution >= 0.6 is 0 Å². The van der Waals surface area contributed by atoms with Gasteiger partial charge < -0.3 is 9.80 Å². The second kappa shape index (κ2) is 9.90. The van der Waals surface area contributed by atoms with Gasteiger partial charge in [0.1, 0.15) is 5.82 Å². The highest BCUT2D eigenvalue weighted by Gasteiger charge is 2.32. The lowest BCUT2D eigenvalue weighted by Gasteiger charge is -2.36. The maximum Gasteiger partial charge on any atom is 0.254 e. The van der Waals surface area contributed by atoms with Crippen molar-refractivity contribution in [3.8, 4) is 11.1 Å². The van der Waals surface area contributed by atoms with Crippen molar-refractivity contribution < 1.29 is 4.79 Å². The monoisotopic (exact) mass is 429 g/mol. The van der Waals surface area contributed by atoms with Crippen molar-refractivity contribution in [1.82, 2.24) is 19.9 Å². The number of pyridine rings is 1. The first-order valence-corrected chi connectivity index (χ1v) is 11.4. The number of likely N-dealkylation sites (tertiary alicyclic amines) is 1. The van der Waals surface area contributed by atoms with E-state index in [0.717, 1.165) is 72.5 Å². The third kappa shape index (κ3) is 4.64. The number of piperidine rings is 1. The molecule has 0 radical (unpaired) electrons. The Morgan fingerprint density at radius 3 is 2.53 bits per heavy atom. The van der Waals surface area contributed by atoms with E-state index in [9.17, 15) is 4.79 Å². The second-order valence-corrected chi connectivity index (χ2v) is 8.52. The van der Waals surface area contributed by atoms with Gasteiger partial charge in [0, 0.05) is 62.5 Å². The third-order valence-electron chi connectivity index (χ3n) is 6.04. The number of rotatable bonds is 6. The normalized spacial score (nSPS) is 16.1. The van der Waals surface area contributed by atoms with Crippen LogP contribution in [-0.2, 0) is 6.42 Å². The van der Waals surface area contributed by atoms with Crippen molar-refractivity contribution in [2.75, 3.05) is 25.5 Å². The van der Waals surface area contributed by atoms with Gasteiger partial charge in [0.25, 0.3) is 5.91 Å². The fraction of sp³-hybridized carbons (Fsp3) is 0.385. The van der Waals surface area contributed by atoms with Gasteiger partial charge in [-0.1, -0.05) is 6.92 Å². The number of carbonyl (C=O) groups excluding carboxylic acids is 1. The Morgan fingerprint density at radius 2 is 1.84 bits per heavy atom. The minimum atomic E-state index is -0.0634. The zero-order valence-electron chi connectivity index (χ0n) is 19.2. The highest BCUT2D eigenvalue weighted by atomic mass is 16.2. The zero-order chi connectivity index (χ0) is 22.5. The molecule has 0 N–H and O–H groups in total. The van der Waals surface area contributed by atoms with E-state index in [1.165, 1.54) is 0 Å². The van der Waals surface area contributed by atoms with Crippen molar-refractivity contribution in [2.24, 2.45) is 0 Å². The first-order chi connectivity index (χ1) is 15.6. The number of aryl methyl sites for hydroxylation is 1. The molecule has 1 aliphatic heterocycles. The highest BCUT2D eigenvalue weighted by Crippen LogP contribution is 2.36. The Kier molecular flexibility index (Phi) is 6.78. The van der Waals surface area contributed by atoms with Gasteiger partial charge in [-0.15, -0.1) is 0 Å². The van der Waals surface area contributed by atoms with Gasteiger partial charge in [0.2, 0.25) is 0 Å². The SMILES string of the molecule is CCCc1ncc(-c2ccncc2)c([C@H]2CCCCN2C(=O)c2ccc(N(C)C)cc2)n1. The molecule has 6 heteroatoms. The van der Waals surface area contributed by atoms with E-state index < -0.39 is 0 Å². The average molecular weight is 430 g/mol. The molecule has 1 atom stereocenters. The Labute approximate surface area is 190 Å². The van der Waals surface area contributed by atoms with E-state index in [-0.39, 0.29) is 11.9 Å². The van der Waals surface area contributed by atoms with Crippen LogP contribution in [0.15, 0.2) is 55.0 Å². The Morgan fingerprint density at radius 1 is 1.09 bits per heavy atom. The number of aromatic nitrogens is 3. The van der Waals surface area contributed by atoms with Crippen molar-refractivity contribution >= 4 is 11.6 Å². The zero-order valence-corrected chi connectivity index (χ0v) is 19.2. The topological polar surface area (TPSA) is 62.2 Å². The van der Waals surface area contributed by atoms with Gasteiger partial charge in [-0.25, -0.2) is 9.97 Å². The van der Waals surface area contributed by atoms with E-state index in [1.807, 2.05) is 66.5 Å². The molecule has 4 rings (SSSR count). The fourth-order valence-corrected chi connectivity index (χ4v) is 4.31. The molecule has 1 fully saturated rings. The Hall–Kier alpha value is -3.28. The second-order valence-electron chi connectivity index (χ2n) is 8.52. The maximum absolute atomic E-state index is 13.6. The molecule has 2 aromatic heterocycles. The summed E-state index contributed by atoms with van der Waals surface area (Å²) >= 11 is 0. The van der Waals surface area contributed by atoms with Gasteiger partial charge in [-0.3, -0.25) is 9.78 Å². The summed E-state index contributed by atoms with van der Waals surface area (Å²) in [7, 11) is 4.00. The predicted octanol–water partition coefficient (Wildman–Crippen LogP) is 4.92. The molecule has 1 amide bonds. The van der Waals surface area contributed by atoms with E-state index in [2.05, 4.69) is 16.9 Å². The van der Waals surface area contributed by atoms with Gasteiger partial charge in [0.05, 0.1) is 11.7 Å². The largest absolute Gasteiger partial charge is 0.378 e. The van der Waals surface area contributed by atoms with Crippen molar-refractivity contribution in [2.45, 2.75) is 45.1 Å². The fourth-order valence-electron chi connectivity index (χ4n) is 4.31. The molecular formula is C26H31N5O. The molecule has 32 heavy (non-hydrogen) atoms. The summed E-state index contributed by atoms with van der Waals surface area (Å²) in [5.41, 5.74) is 4.77. The van der Waals surface area contributed by atoms with Crippen LogP contribution in [0.1, 0.15) is 60.5 Å². The smallest absolute Gasteiger partial charge is 0.254 e. The predicted molar refractivity (Wildman–Crippen MR) is 128 cm³/mol. The van der Waals surface area contributed by atoms with Gasteiger partial charge in [-0.05, 0) is 67.6 Å². The number of benzene rings is 1. The number of hydrogen-bond donors (Lipinski definition) is 0. The average Bonchev–Trinajstić information content (AvgIpc) is 2.84. The number of hydrogen-bond acceptors (Lipinski definition) is 5. The van der Waals surface area contributed by atoms with Crippen LogP contribution in [-0.4, -0.2) is 46.4 Å². The molecule has 166 valence electrons. The molecule has 0 aliphatic carbocycles. The Bertz CT molecular complexity index is 1050. The first kappa shape index (κ1) is 21.9. The van der Waals surface area contributed by atoms with E-state index >= 15 is 0 Å². The molecule has 6 nitrogen and oxygen atoms in total. The lowest BCUT2D eigenvalue weighted by molar-refractivity contribution is 0.0606. The molecule has 0 bridgehead atoms. The summed E-state index contributed by atoms with van der Waals surface area (Å²) in [5, 5.41) is 0. The van der Waals surface area contributed by atoms with Crippen LogP contribution in [0.2, 0.25) is 0 Å². The molecule has 3 aromatic rings. The molecule has 3 heterocycles. The summed E-state index contributed by atoms with van der Waals surface area (Å²) in [5.74, 6) is 0.907. The number of amides is 1. The molecule has 1 aromatic carbocycles. The van der Waals surface area contributed by atoms with E-state index in [4.69, 9.17) is 4.98 Å². The standard InChI is InChI=1S/C26H31N5O/c1-4-7-24-28-18-22(19-13-15-27-16-14-19)25(29-24)23-8-5-6-17-31(23)26(32)20-9-11-21(12-10-20)30(2)3/h9-16,18,23H,4-8,17H2,1-3H3/t23-/m1/s1. The van der Waals surface area contributed by atoms with E-state index in [0.29, 0.717) is 0 Å². The van der Waals surface area contributed by atoms with Crippen LogP contribution in [0, 0.1) is 0 Å². The molecule has 1 saturated heterocycles. The number of nitrogens with zero attached hydrogens (tertiary/aromatic N) is 5. The lowest BCUT2D eigenvalue weighted by atomic mass is 9.93. The van der Waals surface area contributed by atoms with E-state index in [1.54, 1.807) is 12.4 Å². The number of anilines is 1. The minimum absolute atomic E-state index is 0.0634. The van der Waals surface area contributed by atoms with Crippen LogP contribution < -0.4 is 4.90 Å². The molecule has 1 aliphatic rings. The third-order valence-corrected chi connectivity index (χ3v) is 6.04. The summed E-state index contributed by atoms with van der Waals surface area (Å²) in [6, 6.07) is 11.8. The van der Waals surface area contributed by atoms with Crippen LogP contribution in [0.5, 0.6) is 0 Å². The highest BCUT2D eigenvalue weighted by molar-refractivity contribution is 5.95. The molecule has 0 spiro atoms. The minimum Gasteiger partial charge on any atom is -0.378 e. The lowest BCUT2D eigenvalue weighted by Crippen LogP contribution is -2.39. The van der Waals surface area contributed by atoms with Gasteiger partial charge in [-0.2, -0.15) is 0 Å². The summed E-state index contributed by atoms with van der Waals surface area (Å²) in [6.45, 7) is 2.87. The maximum atomic E-state index is 13.6. The van der Waals surface area contributed by atoms with Crippen LogP contribution in [0.4, 0.5) is 5.69 Å². The molecule has 0 unspecified atom stereocenters. The summed E-state index contributed by atoms with van der Waals surface area (Å²) < 4.78 is 0.